The molecule has 0 unspecified atom stereocenters. The maximum atomic E-state index is 12.1. The summed E-state index contributed by atoms with van der Waals surface area (Å²) in [5.41, 5.74) is 6.39. The number of hydrogen-bond donors (Lipinski definition) is 2. The van der Waals surface area contributed by atoms with Crippen molar-refractivity contribution in [3.8, 4) is 5.75 Å². The highest BCUT2D eigenvalue weighted by molar-refractivity contribution is 6.03. The van der Waals surface area contributed by atoms with E-state index in [-0.39, 0.29) is 11.4 Å². The van der Waals surface area contributed by atoms with Crippen LogP contribution in [0, 0.1) is 0 Å². The Hall–Kier alpha value is -2.70. The van der Waals surface area contributed by atoms with Gasteiger partial charge in [-0.25, -0.2) is 4.98 Å². The minimum absolute atomic E-state index is 0.0388. The van der Waals surface area contributed by atoms with E-state index in [0.717, 1.165) is 0 Å². The molecule has 1 aromatic heterocycles. The van der Waals surface area contributed by atoms with E-state index in [1.54, 1.807) is 6.07 Å². The number of hydrogen-bond acceptors (Lipinski definition) is 4. The van der Waals surface area contributed by atoms with Gasteiger partial charge in [-0.05, 0) is 24.3 Å². The molecular formula is C13H11F2N3O2. The zero-order valence-corrected chi connectivity index (χ0v) is 10.2. The van der Waals surface area contributed by atoms with Gasteiger partial charge in [0.05, 0.1) is 11.9 Å². The number of nitrogens with zero attached hydrogens (tertiary/aromatic N) is 1. The Morgan fingerprint density at radius 1 is 1.30 bits per heavy atom. The van der Waals surface area contributed by atoms with Crippen molar-refractivity contribution < 1.29 is 18.3 Å². The molecule has 5 nitrogen and oxygen atoms in total. The average molecular weight is 279 g/mol. The van der Waals surface area contributed by atoms with Crippen molar-refractivity contribution in [2.45, 2.75) is 6.61 Å². The zero-order valence-electron chi connectivity index (χ0n) is 10.2. The molecule has 2 rings (SSSR count). The van der Waals surface area contributed by atoms with Gasteiger partial charge >= 0.3 is 6.61 Å². The number of alkyl halides is 2. The van der Waals surface area contributed by atoms with E-state index < -0.39 is 12.5 Å². The highest BCUT2D eigenvalue weighted by Gasteiger charge is 2.09. The van der Waals surface area contributed by atoms with Crippen LogP contribution in [0.2, 0.25) is 0 Å². The number of aromatic nitrogens is 1. The third kappa shape index (κ3) is 3.64. The lowest BCUT2D eigenvalue weighted by molar-refractivity contribution is -0.0497. The number of pyridine rings is 1. The van der Waals surface area contributed by atoms with Crippen LogP contribution in [-0.2, 0) is 0 Å². The smallest absolute Gasteiger partial charge is 0.387 e. The fraction of sp³-hybridized carbons (Fsp3) is 0.0769. The lowest BCUT2D eigenvalue weighted by Crippen LogP contribution is -2.13. The Morgan fingerprint density at radius 2 is 2.10 bits per heavy atom. The van der Waals surface area contributed by atoms with E-state index in [4.69, 9.17) is 5.73 Å². The van der Waals surface area contributed by atoms with Crippen LogP contribution in [0.4, 0.5) is 20.2 Å². The number of benzene rings is 1. The summed E-state index contributed by atoms with van der Waals surface area (Å²) < 4.78 is 28.4. The third-order valence-electron chi connectivity index (χ3n) is 2.34. The van der Waals surface area contributed by atoms with Crippen molar-refractivity contribution in [2.24, 2.45) is 0 Å². The number of amides is 1. The second kappa shape index (κ2) is 5.96. The van der Waals surface area contributed by atoms with Crippen LogP contribution in [0.3, 0.4) is 0 Å². The molecule has 7 heteroatoms. The quantitative estimate of drug-likeness (QED) is 0.901. The number of carbonyl (C=O) groups is 1. The number of nitrogens with one attached hydrogen (secondary N) is 1. The molecular weight excluding hydrogens is 268 g/mol. The SMILES string of the molecule is Nc1ccc(C(=O)Nc2cccc(OC(F)F)c2)nc1. The Morgan fingerprint density at radius 3 is 2.75 bits per heavy atom. The largest absolute Gasteiger partial charge is 0.435 e. The van der Waals surface area contributed by atoms with Gasteiger partial charge in [-0.15, -0.1) is 0 Å². The van der Waals surface area contributed by atoms with Crippen molar-refractivity contribution in [3.63, 3.8) is 0 Å². The van der Waals surface area contributed by atoms with Crippen LogP contribution in [0.15, 0.2) is 42.6 Å². The molecule has 1 aromatic carbocycles. The summed E-state index contributed by atoms with van der Waals surface area (Å²) >= 11 is 0. The molecule has 0 aliphatic carbocycles. The lowest BCUT2D eigenvalue weighted by atomic mass is 10.2. The molecule has 0 fully saturated rings. The van der Waals surface area contributed by atoms with E-state index in [0.29, 0.717) is 11.4 Å². The van der Waals surface area contributed by atoms with Gasteiger partial charge in [0.2, 0.25) is 0 Å². The van der Waals surface area contributed by atoms with Gasteiger partial charge in [-0.3, -0.25) is 4.79 Å². The monoisotopic (exact) mass is 279 g/mol. The van der Waals surface area contributed by atoms with Crippen molar-refractivity contribution in [1.82, 2.24) is 4.98 Å². The summed E-state index contributed by atoms with van der Waals surface area (Å²) in [5.74, 6) is -0.512. The molecule has 0 aliphatic heterocycles. The number of halogens is 2. The molecule has 0 saturated carbocycles. The van der Waals surface area contributed by atoms with Crippen LogP contribution >= 0.6 is 0 Å². The summed E-state index contributed by atoms with van der Waals surface area (Å²) in [6.07, 6.45) is 1.35. The van der Waals surface area contributed by atoms with Gasteiger partial charge < -0.3 is 15.8 Å². The number of anilines is 2. The maximum Gasteiger partial charge on any atom is 0.387 e. The third-order valence-corrected chi connectivity index (χ3v) is 2.34. The second-order valence-corrected chi connectivity index (χ2v) is 3.84. The van der Waals surface area contributed by atoms with Gasteiger partial charge in [0.25, 0.3) is 5.91 Å². The van der Waals surface area contributed by atoms with Crippen molar-refractivity contribution in [1.29, 1.82) is 0 Å². The molecule has 20 heavy (non-hydrogen) atoms. The topological polar surface area (TPSA) is 77.2 Å². The molecule has 0 atom stereocenters. The molecule has 3 N–H and O–H groups in total. The van der Waals surface area contributed by atoms with Crippen LogP contribution in [-0.4, -0.2) is 17.5 Å². The Bertz CT molecular complexity index is 603. The normalized spacial score (nSPS) is 10.3. The first-order valence-electron chi connectivity index (χ1n) is 5.62. The number of nitrogen functional groups attached to an aromatic ring is 1. The number of carbonyl (C=O) groups excluding carboxylic acids is 1. The standard InChI is InChI=1S/C13H11F2N3O2/c14-13(15)20-10-3-1-2-9(6-10)18-12(19)11-5-4-8(16)7-17-11/h1-7,13H,16H2,(H,18,19). The van der Waals surface area contributed by atoms with Crippen molar-refractivity contribution in [2.75, 3.05) is 11.1 Å². The predicted octanol–water partition coefficient (Wildman–Crippen LogP) is 2.52. The zero-order chi connectivity index (χ0) is 14.5. The first-order chi connectivity index (χ1) is 9.54. The Kier molecular flexibility index (Phi) is 4.09. The number of nitrogens with two attached hydrogens (primary N) is 1. The Balaban J connectivity index is 2.09. The molecule has 104 valence electrons. The van der Waals surface area contributed by atoms with E-state index in [2.05, 4.69) is 15.0 Å². The molecule has 0 radical (unpaired) electrons. The number of rotatable bonds is 4. The van der Waals surface area contributed by atoms with Crippen LogP contribution in [0.25, 0.3) is 0 Å². The van der Waals surface area contributed by atoms with Crippen LogP contribution < -0.4 is 15.8 Å². The maximum absolute atomic E-state index is 12.1. The predicted molar refractivity (Wildman–Crippen MR) is 69.7 cm³/mol. The summed E-state index contributed by atoms with van der Waals surface area (Å²) in [4.78, 5) is 15.7. The van der Waals surface area contributed by atoms with Gasteiger partial charge in [-0.1, -0.05) is 6.07 Å². The minimum Gasteiger partial charge on any atom is -0.435 e. The summed E-state index contributed by atoms with van der Waals surface area (Å²) in [6.45, 7) is -2.92. The van der Waals surface area contributed by atoms with E-state index in [1.165, 1.54) is 36.5 Å². The van der Waals surface area contributed by atoms with Gasteiger partial charge in [0, 0.05) is 11.8 Å². The second-order valence-electron chi connectivity index (χ2n) is 3.84. The lowest BCUT2D eigenvalue weighted by Gasteiger charge is -2.08. The molecule has 0 aliphatic rings. The first kappa shape index (κ1) is 13.7. The molecule has 1 amide bonds. The van der Waals surface area contributed by atoms with Crippen LogP contribution in [0.1, 0.15) is 10.5 Å². The fourth-order valence-electron chi connectivity index (χ4n) is 1.48. The summed E-state index contributed by atoms with van der Waals surface area (Å²) in [6, 6.07) is 8.70. The van der Waals surface area contributed by atoms with Crippen molar-refractivity contribution in [3.05, 3.63) is 48.3 Å². The molecule has 0 bridgehead atoms. The van der Waals surface area contributed by atoms with E-state index in [1.807, 2.05) is 0 Å². The molecule has 0 saturated heterocycles. The minimum atomic E-state index is -2.92. The summed E-state index contributed by atoms with van der Waals surface area (Å²) in [7, 11) is 0. The van der Waals surface area contributed by atoms with E-state index >= 15 is 0 Å². The van der Waals surface area contributed by atoms with Gasteiger partial charge in [-0.2, -0.15) is 8.78 Å². The average Bonchev–Trinajstić information content (AvgIpc) is 2.39. The summed E-state index contributed by atoms with van der Waals surface area (Å²) in [5, 5.41) is 2.52. The highest BCUT2D eigenvalue weighted by Crippen LogP contribution is 2.19. The molecule has 1 heterocycles. The van der Waals surface area contributed by atoms with Crippen LogP contribution in [0.5, 0.6) is 5.75 Å². The first-order valence-corrected chi connectivity index (χ1v) is 5.62. The highest BCUT2D eigenvalue weighted by atomic mass is 19.3. The molecule has 2 aromatic rings. The van der Waals surface area contributed by atoms with Crippen molar-refractivity contribution >= 4 is 17.3 Å². The fourth-order valence-corrected chi connectivity index (χ4v) is 1.48. The van der Waals surface area contributed by atoms with Gasteiger partial charge in [0.1, 0.15) is 11.4 Å². The van der Waals surface area contributed by atoms with Gasteiger partial charge in [0.15, 0.2) is 0 Å². The number of ether oxygens (including phenoxy) is 1. The Labute approximate surface area is 113 Å². The molecule has 0 spiro atoms. The van der Waals surface area contributed by atoms with E-state index in [9.17, 15) is 13.6 Å².